The van der Waals surface area contributed by atoms with Crippen LogP contribution in [0.3, 0.4) is 0 Å². The molecule has 0 bridgehead atoms. The van der Waals surface area contributed by atoms with Crippen molar-refractivity contribution in [1.82, 2.24) is 5.32 Å². The lowest BCUT2D eigenvalue weighted by molar-refractivity contribution is -0.384. The number of halogens is 1. The van der Waals surface area contributed by atoms with Crippen LogP contribution in [0.1, 0.15) is 6.42 Å². The number of hydrogen-bond donors (Lipinski definition) is 2. The zero-order valence-electron chi connectivity index (χ0n) is 8.57. The van der Waals surface area contributed by atoms with E-state index in [9.17, 15) is 10.1 Å². The molecule has 0 spiro atoms. The van der Waals surface area contributed by atoms with Crippen LogP contribution in [-0.2, 0) is 0 Å². The molecule has 1 saturated heterocycles. The van der Waals surface area contributed by atoms with Gasteiger partial charge < -0.3 is 10.6 Å². The highest BCUT2D eigenvalue weighted by Crippen LogP contribution is 2.27. The van der Waals surface area contributed by atoms with Crippen molar-refractivity contribution >= 4 is 23.0 Å². The first-order valence-corrected chi connectivity index (χ1v) is 5.46. The summed E-state index contributed by atoms with van der Waals surface area (Å²) in [5.41, 5.74) is 0.683. The topological polar surface area (TPSA) is 67.2 Å². The molecule has 0 aliphatic carbocycles. The van der Waals surface area contributed by atoms with Crippen LogP contribution in [0.2, 0.25) is 5.02 Å². The standard InChI is InChI=1S/C10H12ClN3O2/c11-9-2-1-8(14(15)16)5-10(9)13-7-3-4-12-6-7/h1-2,5,7,12-13H,3-4,6H2. The maximum absolute atomic E-state index is 10.6. The first kappa shape index (κ1) is 11.2. The molecule has 1 heterocycles. The van der Waals surface area contributed by atoms with Gasteiger partial charge in [0.2, 0.25) is 0 Å². The first-order chi connectivity index (χ1) is 7.66. The summed E-state index contributed by atoms with van der Waals surface area (Å²) in [4.78, 5) is 10.2. The minimum absolute atomic E-state index is 0.0536. The van der Waals surface area contributed by atoms with E-state index in [0.717, 1.165) is 19.5 Å². The Bertz CT molecular complexity index is 405. The number of nitrogens with zero attached hydrogens (tertiary/aromatic N) is 1. The Kier molecular flexibility index (Phi) is 3.26. The number of rotatable bonds is 3. The summed E-state index contributed by atoms with van der Waals surface area (Å²) in [5.74, 6) is 0. The summed E-state index contributed by atoms with van der Waals surface area (Å²) in [6, 6.07) is 4.71. The molecular weight excluding hydrogens is 230 g/mol. The molecule has 0 radical (unpaired) electrons. The third-order valence-electron chi connectivity index (χ3n) is 2.58. The number of hydrogen-bond acceptors (Lipinski definition) is 4. The molecule has 0 saturated carbocycles. The van der Waals surface area contributed by atoms with Gasteiger partial charge in [0.1, 0.15) is 0 Å². The van der Waals surface area contributed by atoms with Crippen molar-refractivity contribution < 1.29 is 4.92 Å². The molecule has 0 amide bonds. The molecule has 1 aliphatic rings. The fraction of sp³-hybridized carbons (Fsp3) is 0.400. The lowest BCUT2D eigenvalue weighted by Gasteiger charge is -2.13. The van der Waals surface area contributed by atoms with Crippen LogP contribution >= 0.6 is 11.6 Å². The number of nitrogens with one attached hydrogen (secondary N) is 2. The SMILES string of the molecule is O=[N+]([O-])c1ccc(Cl)c(NC2CCNC2)c1. The van der Waals surface area contributed by atoms with E-state index < -0.39 is 4.92 Å². The fourth-order valence-corrected chi connectivity index (χ4v) is 1.91. The Morgan fingerprint density at radius 3 is 3.00 bits per heavy atom. The number of nitro groups is 1. The highest BCUT2D eigenvalue weighted by molar-refractivity contribution is 6.33. The molecule has 1 unspecified atom stereocenters. The van der Waals surface area contributed by atoms with Gasteiger partial charge in [-0.05, 0) is 19.0 Å². The van der Waals surface area contributed by atoms with E-state index >= 15 is 0 Å². The van der Waals surface area contributed by atoms with Crippen LogP contribution in [0, 0.1) is 10.1 Å². The highest BCUT2D eigenvalue weighted by Gasteiger charge is 2.16. The lowest BCUT2D eigenvalue weighted by Crippen LogP contribution is -2.22. The van der Waals surface area contributed by atoms with Crippen molar-refractivity contribution in [1.29, 1.82) is 0 Å². The van der Waals surface area contributed by atoms with Crippen LogP contribution in [0.15, 0.2) is 18.2 Å². The third kappa shape index (κ3) is 2.43. The molecular formula is C10H12ClN3O2. The zero-order valence-corrected chi connectivity index (χ0v) is 9.33. The second-order valence-electron chi connectivity index (χ2n) is 3.76. The molecule has 5 nitrogen and oxygen atoms in total. The molecule has 2 N–H and O–H groups in total. The van der Waals surface area contributed by atoms with Gasteiger partial charge in [-0.15, -0.1) is 0 Å². The van der Waals surface area contributed by atoms with E-state index in [2.05, 4.69) is 10.6 Å². The number of nitro benzene ring substituents is 1. The quantitative estimate of drug-likeness (QED) is 0.628. The summed E-state index contributed by atoms with van der Waals surface area (Å²) in [6.07, 6.45) is 0.999. The van der Waals surface area contributed by atoms with Gasteiger partial charge in [-0.25, -0.2) is 0 Å². The maximum atomic E-state index is 10.6. The Balaban J connectivity index is 2.17. The third-order valence-corrected chi connectivity index (χ3v) is 2.91. The second-order valence-corrected chi connectivity index (χ2v) is 4.16. The largest absolute Gasteiger partial charge is 0.380 e. The Hall–Kier alpha value is -1.33. The van der Waals surface area contributed by atoms with Crippen LogP contribution in [0.5, 0.6) is 0 Å². The van der Waals surface area contributed by atoms with E-state index in [1.807, 2.05) is 0 Å². The van der Waals surface area contributed by atoms with E-state index in [0.29, 0.717) is 16.8 Å². The zero-order chi connectivity index (χ0) is 11.5. The minimum Gasteiger partial charge on any atom is -0.380 e. The lowest BCUT2D eigenvalue weighted by atomic mass is 10.2. The van der Waals surface area contributed by atoms with Gasteiger partial charge in [0.15, 0.2) is 0 Å². The Labute approximate surface area is 97.9 Å². The fourth-order valence-electron chi connectivity index (χ4n) is 1.74. The van der Waals surface area contributed by atoms with E-state index in [1.54, 1.807) is 6.07 Å². The number of benzene rings is 1. The molecule has 86 valence electrons. The van der Waals surface area contributed by atoms with Gasteiger partial charge in [-0.1, -0.05) is 11.6 Å². The van der Waals surface area contributed by atoms with Gasteiger partial charge in [0.05, 0.1) is 15.6 Å². The molecule has 1 aromatic carbocycles. The van der Waals surface area contributed by atoms with Gasteiger partial charge >= 0.3 is 0 Å². The summed E-state index contributed by atoms with van der Waals surface area (Å²) < 4.78 is 0. The second kappa shape index (κ2) is 4.67. The van der Waals surface area contributed by atoms with Crippen molar-refractivity contribution in [2.45, 2.75) is 12.5 Å². The first-order valence-electron chi connectivity index (χ1n) is 5.08. The highest BCUT2D eigenvalue weighted by atomic mass is 35.5. The predicted molar refractivity (Wildman–Crippen MR) is 63.0 cm³/mol. The van der Waals surface area contributed by atoms with Crippen molar-refractivity contribution in [3.8, 4) is 0 Å². The van der Waals surface area contributed by atoms with Crippen molar-refractivity contribution in [2.24, 2.45) is 0 Å². The summed E-state index contributed by atoms with van der Waals surface area (Å²) in [7, 11) is 0. The molecule has 2 rings (SSSR count). The number of anilines is 1. The van der Waals surface area contributed by atoms with Gasteiger partial charge in [-0.3, -0.25) is 10.1 Å². The maximum Gasteiger partial charge on any atom is 0.271 e. The van der Waals surface area contributed by atoms with Crippen LogP contribution in [0.4, 0.5) is 11.4 Å². The Morgan fingerprint density at radius 2 is 2.38 bits per heavy atom. The van der Waals surface area contributed by atoms with Gasteiger partial charge in [0, 0.05) is 24.7 Å². The summed E-state index contributed by atoms with van der Waals surface area (Å²) >= 11 is 5.97. The Morgan fingerprint density at radius 1 is 1.56 bits per heavy atom. The van der Waals surface area contributed by atoms with Crippen LogP contribution in [-0.4, -0.2) is 24.1 Å². The van der Waals surface area contributed by atoms with E-state index in [4.69, 9.17) is 11.6 Å². The summed E-state index contributed by atoms with van der Waals surface area (Å²) in [6.45, 7) is 1.82. The monoisotopic (exact) mass is 241 g/mol. The summed E-state index contributed by atoms with van der Waals surface area (Å²) in [5, 5.41) is 17.6. The van der Waals surface area contributed by atoms with Crippen molar-refractivity contribution in [3.05, 3.63) is 33.3 Å². The minimum atomic E-state index is -0.422. The van der Waals surface area contributed by atoms with E-state index in [-0.39, 0.29) is 5.69 Å². The normalized spacial score (nSPS) is 19.7. The van der Waals surface area contributed by atoms with Crippen molar-refractivity contribution in [3.63, 3.8) is 0 Å². The molecule has 6 heteroatoms. The van der Waals surface area contributed by atoms with Gasteiger partial charge in [0.25, 0.3) is 5.69 Å². The van der Waals surface area contributed by atoms with Crippen molar-refractivity contribution in [2.75, 3.05) is 18.4 Å². The molecule has 1 atom stereocenters. The average molecular weight is 242 g/mol. The van der Waals surface area contributed by atoms with Crippen LogP contribution in [0.25, 0.3) is 0 Å². The molecule has 1 fully saturated rings. The van der Waals surface area contributed by atoms with Crippen LogP contribution < -0.4 is 10.6 Å². The predicted octanol–water partition coefficient (Wildman–Crippen LogP) is 2.02. The average Bonchev–Trinajstić information content (AvgIpc) is 2.73. The molecule has 16 heavy (non-hydrogen) atoms. The van der Waals surface area contributed by atoms with E-state index in [1.165, 1.54) is 12.1 Å². The van der Waals surface area contributed by atoms with Gasteiger partial charge in [-0.2, -0.15) is 0 Å². The number of non-ortho nitro benzene ring substituents is 1. The molecule has 0 aromatic heterocycles. The molecule has 1 aromatic rings. The smallest absolute Gasteiger partial charge is 0.271 e. The molecule has 1 aliphatic heterocycles.